The molecule has 1 heterocycles. The molecule has 4 heteroatoms. The van der Waals surface area contributed by atoms with Crippen LogP contribution in [0.15, 0.2) is 30.3 Å². The average molecular weight is 221 g/mol. The highest BCUT2D eigenvalue weighted by atomic mass is 16.6. The van der Waals surface area contributed by atoms with Gasteiger partial charge in [-0.3, -0.25) is 4.79 Å². The van der Waals surface area contributed by atoms with Gasteiger partial charge in [0.2, 0.25) is 5.79 Å². The minimum atomic E-state index is -1.67. The van der Waals surface area contributed by atoms with Crippen molar-refractivity contribution in [3.8, 4) is 0 Å². The molecular formula is C12H15NO3. The van der Waals surface area contributed by atoms with Gasteiger partial charge in [0.1, 0.15) is 0 Å². The molecule has 1 aromatic carbocycles. The van der Waals surface area contributed by atoms with Gasteiger partial charge >= 0.3 is 0 Å². The van der Waals surface area contributed by atoms with Crippen molar-refractivity contribution in [1.82, 2.24) is 4.90 Å². The Morgan fingerprint density at radius 2 is 2.12 bits per heavy atom. The molecule has 1 saturated heterocycles. The summed E-state index contributed by atoms with van der Waals surface area (Å²) in [7, 11) is 0. The van der Waals surface area contributed by atoms with Crippen LogP contribution in [-0.4, -0.2) is 34.9 Å². The third kappa shape index (κ3) is 2.23. The first-order chi connectivity index (χ1) is 7.59. The predicted molar refractivity (Wildman–Crippen MR) is 58.4 cm³/mol. The SMILES string of the molecule is CC1(O)OCCN(Cc2ccccc2)C1=O. The Labute approximate surface area is 94.4 Å². The molecule has 1 atom stereocenters. The van der Waals surface area contributed by atoms with Gasteiger partial charge in [-0.05, 0) is 12.5 Å². The maximum Gasteiger partial charge on any atom is 0.282 e. The van der Waals surface area contributed by atoms with Crippen LogP contribution in [0.1, 0.15) is 12.5 Å². The molecule has 0 aromatic heterocycles. The van der Waals surface area contributed by atoms with Crippen molar-refractivity contribution in [3.63, 3.8) is 0 Å². The van der Waals surface area contributed by atoms with Crippen molar-refractivity contribution >= 4 is 5.91 Å². The second kappa shape index (κ2) is 4.23. The molecule has 16 heavy (non-hydrogen) atoms. The second-order valence-electron chi connectivity index (χ2n) is 4.04. The zero-order chi connectivity index (χ0) is 11.6. The van der Waals surface area contributed by atoms with Crippen LogP contribution in [-0.2, 0) is 16.1 Å². The lowest BCUT2D eigenvalue weighted by atomic mass is 10.1. The average Bonchev–Trinajstić information content (AvgIpc) is 2.26. The van der Waals surface area contributed by atoms with Crippen LogP contribution in [0.5, 0.6) is 0 Å². The van der Waals surface area contributed by atoms with E-state index in [9.17, 15) is 9.90 Å². The summed E-state index contributed by atoms with van der Waals surface area (Å²) in [5, 5.41) is 9.68. The summed E-state index contributed by atoms with van der Waals surface area (Å²) in [4.78, 5) is 13.4. The number of morpholine rings is 1. The molecule has 86 valence electrons. The summed E-state index contributed by atoms with van der Waals surface area (Å²) in [6, 6.07) is 9.70. The van der Waals surface area contributed by atoms with Gasteiger partial charge in [0.05, 0.1) is 6.61 Å². The van der Waals surface area contributed by atoms with Crippen molar-refractivity contribution in [2.45, 2.75) is 19.3 Å². The van der Waals surface area contributed by atoms with Crippen LogP contribution in [0.2, 0.25) is 0 Å². The van der Waals surface area contributed by atoms with Crippen LogP contribution in [0, 0.1) is 0 Å². The Balaban J connectivity index is 2.08. The Bertz CT molecular complexity index is 375. The number of aliphatic hydroxyl groups is 1. The number of carbonyl (C=O) groups excluding carboxylic acids is 1. The number of nitrogens with zero attached hydrogens (tertiary/aromatic N) is 1. The van der Waals surface area contributed by atoms with Gasteiger partial charge in [-0.25, -0.2) is 0 Å². The minimum Gasteiger partial charge on any atom is -0.358 e. The third-order valence-electron chi connectivity index (χ3n) is 2.64. The maximum atomic E-state index is 11.8. The quantitative estimate of drug-likeness (QED) is 0.802. The first-order valence-corrected chi connectivity index (χ1v) is 5.29. The number of carbonyl (C=O) groups is 1. The Morgan fingerprint density at radius 3 is 2.81 bits per heavy atom. The number of benzene rings is 1. The summed E-state index contributed by atoms with van der Waals surface area (Å²) in [5.74, 6) is -2.05. The van der Waals surface area contributed by atoms with Crippen LogP contribution in [0.3, 0.4) is 0 Å². The monoisotopic (exact) mass is 221 g/mol. The molecule has 1 unspecified atom stereocenters. The van der Waals surface area contributed by atoms with E-state index in [4.69, 9.17) is 4.74 Å². The number of ether oxygens (including phenoxy) is 1. The smallest absolute Gasteiger partial charge is 0.282 e. The summed E-state index contributed by atoms with van der Waals surface area (Å²) in [5.41, 5.74) is 1.05. The lowest BCUT2D eigenvalue weighted by Gasteiger charge is -2.35. The first kappa shape index (κ1) is 11.1. The van der Waals surface area contributed by atoms with E-state index in [2.05, 4.69) is 0 Å². The minimum absolute atomic E-state index is 0.367. The van der Waals surface area contributed by atoms with E-state index in [1.807, 2.05) is 30.3 Å². The van der Waals surface area contributed by atoms with Crippen molar-refractivity contribution in [2.24, 2.45) is 0 Å². The molecule has 1 aromatic rings. The van der Waals surface area contributed by atoms with E-state index in [0.717, 1.165) is 5.56 Å². The highest BCUT2D eigenvalue weighted by molar-refractivity contribution is 5.83. The molecule has 1 aliphatic rings. The molecule has 1 aliphatic heterocycles. The normalized spacial score (nSPS) is 25.9. The standard InChI is InChI=1S/C12H15NO3/c1-12(15)11(14)13(7-8-16-12)9-10-5-3-2-4-6-10/h2-6,15H,7-9H2,1H3. The Hall–Kier alpha value is -1.39. The van der Waals surface area contributed by atoms with Crippen LogP contribution >= 0.6 is 0 Å². The summed E-state index contributed by atoms with van der Waals surface area (Å²) in [6.07, 6.45) is 0. The number of hydrogen-bond donors (Lipinski definition) is 1. The largest absolute Gasteiger partial charge is 0.358 e. The molecule has 1 amide bonds. The molecule has 4 nitrogen and oxygen atoms in total. The molecule has 0 radical (unpaired) electrons. The van der Waals surface area contributed by atoms with Crippen LogP contribution < -0.4 is 0 Å². The van der Waals surface area contributed by atoms with Gasteiger partial charge in [0, 0.05) is 13.1 Å². The van der Waals surface area contributed by atoms with Crippen LogP contribution in [0.25, 0.3) is 0 Å². The predicted octanol–water partition coefficient (Wildman–Crippen LogP) is 0.754. The third-order valence-corrected chi connectivity index (χ3v) is 2.64. The van der Waals surface area contributed by atoms with Gasteiger partial charge in [-0.1, -0.05) is 30.3 Å². The number of rotatable bonds is 2. The fourth-order valence-corrected chi connectivity index (χ4v) is 1.77. The number of amides is 1. The zero-order valence-electron chi connectivity index (χ0n) is 9.22. The van der Waals surface area contributed by atoms with Gasteiger partial charge in [0.15, 0.2) is 0 Å². The van der Waals surface area contributed by atoms with Crippen molar-refractivity contribution in [1.29, 1.82) is 0 Å². The Kier molecular flexibility index (Phi) is 2.94. The molecule has 1 fully saturated rings. The van der Waals surface area contributed by atoms with E-state index in [-0.39, 0.29) is 5.91 Å². The van der Waals surface area contributed by atoms with Gasteiger partial charge in [-0.2, -0.15) is 0 Å². The summed E-state index contributed by atoms with van der Waals surface area (Å²) >= 11 is 0. The second-order valence-corrected chi connectivity index (χ2v) is 4.04. The highest BCUT2D eigenvalue weighted by Gasteiger charge is 2.39. The molecule has 0 spiro atoms. The summed E-state index contributed by atoms with van der Waals surface area (Å²) < 4.78 is 5.01. The lowest BCUT2D eigenvalue weighted by Crippen LogP contribution is -2.54. The van der Waals surface area contributed by atoms with Crippen molar-refractivity contribution in [2.75, 3.05) is 13.2 Å². The fourth-order valence-electron chi connectivity index (χ4n) is 1.77. The number of hydrogen-bond acceptors (Lipinski definition) is 3. The molecule has 0 aliphatic carbocycles. The van der Waals surface area contributed by atoms with E-state index in [1.54, 1.807) is 4.90 Å². The molecular weight excluding hydrogens is 206 g/mol. The maximum absolute atomic E-state index is 11.8. The van der Waals surface area contributed by atoms with Gasteiger partial charge < -0.3 is 14.7 Å². The van der Waals surface area contributed by atoms with E-state index >= 15 is 0 Å². The van der Waals surface area contributed by atoms with E-state index in [0.29, 0.717) is 19.7 Å². The van der Waals surface area contributed by atoms with Crippen molar-refractivity contribution < 1.29 is 14.6 Å². The zero-order valence-corrected chi connectivity index (χ0v) is 9.22. The van der Waals surface area contributed by atoms with E-state index in [1.165, 1.54) is 6.92 Å². The van der Waals surface area contributed by atoms with E-state index < -0.39 is 5.79 Å². The molecule has 2 rings (SSSR count). The lowest BCUT2D eigenvalue weighted by molar-refractivity contribution is -0.226. The van der Waals surface area contributed by atoms with Crippen molar-refractivity contribution in [3.05, 3.63) is 35.9 Å². The molecule has 1 N–H and O–H groups in total. The fraction of sp³-hybridized carbons (Fsp3) is 0.417. The van der Waals surface area contributed by atoms with Gasteiger partial charge in [-0.15, -0.1) is 0 Å². The first-order valence-electron chi connectivity index (χ1n) is 5.29. The highest BCUT2D eigenvalue weighted by Crippen LogP contribution is 2.18. The summed E-state index contributed by atoms with van der Waals surface area (Å²) in [6.45, 7) is 2.78. The van der Waals surface area contributed by atoms with Gasteiger partial charge in [0.25, 0.3) is 5.91 Å². The molecule has 0 saturated carbocycles. The Morgan fingerprint density at radius 1 is 1.44 bits per heavy atom. The molecule has 0 bridgehead atoms. The van der Waals surface area contributed by atoms with Crippen LogP contribution in [0.4, 0.5) is 0 Å². The topological polar surface area (TPSA) is 49.8 Å².